The highest BCUT2D eigenvalue weighted by Crippen LogP contribution is 2.22. The molecule has 0 aliphatic heterocycles. The predicted molar refractivity (Wildman–Crippen MR) is 72.2 cm³/mol. The van der Waals surface area contributed by atoms with Gasteiger partial charge in [0.05, 0.1) is 6.54 Å². The Morgan fingerprint density at radius 2 is 2.24 bits per heavy atom. The van der Waals surface area contributed by atoms with Gasteiger partial charge in [0.25, 0.3) is 0 Å². The van der Waals surface area contributed by atoms with Crippen molar-refractivity contribution in [2.24, 2.45) is 0 Å². The van der Waals surface area contributed by atoms with Crippen molar-refractivity contribution in [1.82, 2.24) is 9.97 Å². The minimum absolute atomic E-state index is 0.555. The Morgan fingerprint density at radius 3 is 2.88 bits per heavy atom. The first-order chi connectivity index (χ1) is 8.22. The summed E-state index contributed by atoms with van der Waals surface area (Å²) < 4.78 is 0. The lowest BCUT2D eigenvalue weighted by atomic mass is 10.3. The quantitative estimate of drug-likeness (QED) is 0.903. The number of nitrogen functional groups attached to an aromatic ring is 1. The minimum Gasteiger partial charge on any atom is -0.383 e. The van der Waals surface area contributed by atoms with Crippen LogP contribution in [0.25, 0.3) is 0 Å². The van der Waals surface area contributed by atoms with Crippen molar-refractivity contribution >= 4 is 23.0 Å². The van der Waals surface area contributed by atoms with Crippen LogP contribution < -0.4 is 10.6 Å². The van der Waals surface area contributed by atoms with Gasteiger partial charge in [0.15, 0.2) is 0 Å². The van der Waals surface area contributed by atoms with Crippen LogP contribution in [0.5, 0.6) is 0 Å². The summed E-state index contributed by atoms with van der Waals surface area (Å²) in [5.74, 6) is 1.48. The molecule has 4 nitrogen and oxygen atoms in total. The molecule has 0 atom stereocenters. The maximum Gasteiger partial charge on any atom is 0.137 e. The van der Waals surface area contributed by atoms with Crippen molar-refractivity contribution in [2.75, 3.05) is 17.2 Å². The molecule has 17 heavy (non-hydrogen) atoms. The van der Waals surface area contributed by atoms with Gasteiger partial charge in [-0.15, -0.1) is 11.3 Å². The van der Waals surface area contributed by atoms with E-state index >= 15 is 0 Å². The van der Waals surface area contributed by atoms with Crippen LogP contribution in [-0.2, 0) is 6.54 Å². The van der Waals surface area contributed by atoms with E-state index in [1.165, 1.54) is 11.2 Å². The monoisotopic (exact) mass is 248 g/mol. The van der Waals surface area contributed by atoms with Crippen molar-refractivity contribution in [3.05, 3.63) is 34.3 Å². The highest BCUT2D eigenvalue weighted by Gasteiger charge is 2.12. The molecule has 0 saturated carbocycles. The van der Waals surface area contributed by atoms with Crippen molar-refractivity contribution in [3.8, 4) is 0 Å². The SMILES string of the molecule is CCN(Cc1cccs1)c1ncnc(N)c1C. The van der Waals surface area contributed by atoms with Crippen molar-refractivity contribution < 1.29 is 0 Å². The molecule has 0 radical (unpaired) electrons. The van der Waals surface area contributed by atoms with E-state index in [0.717, 1.165) is 24.5 Å². The second-order valence-electron chi connectivity index (χ2n) is 3.80. The maximum absolute atomic E-state index is 5.81. The van der Waals surface area contributed by atoms with Crippen LogP contribution in [0.1, 0.15) is 17.4 Å². The third-order valence-corrected chi connectivity index (χ3v) is 3.57. The molecule has 0 aromatic carbocycles. The minimum atomic E-state index is 0.555. The summed E-state index contributed by atoms with van der Waals surface area (Å²) in [6, 6.07) is 4.20. The maximum atomic E-state index is 5.81. The number of hydrogen-bond acceptors (Lipinski definition) is 5. The molecule has 2 rings (SSSR count). The van der Waals surface area contributed by atoms with Gasteiger partial charge in [-0.25, -0.2) is 9.97 Å². The first kappa shape index (κ1) is 11.9. The second-order valence-corrected chi connectivity index (χ2v) is 4.83. The number of hydrogen-bond donors (Lipinski definition) is 1. The Balaban J connectivity index is 2.26. The molecule has 0 amide bonds. The first-order valence-corrected chi connectivity index (χ1v) is 6.44. The van der Waals surface area contributed by atoms with E-state index in [9.17, 15) is 0 Å². The highest BCUT2D eigenvalue weighted by molar-refractivity contribution is 7.09. The molecule has 2 aromatic heterocycles. The molecule has 0 aliphatic carbocycles. The van der Waals surface area contributed by atoms with Crippen LogP contribution in [0.3, 0.4) is 0 Å². The summed E-state index contributed by atoms with van der Waals surface area (Å²) >= 11 is 1.76. The van der Waals surface area contributed by atoms with Crippen molar-refractivity contribution in [3.63, 3.8) is 0 Å². The fourth-order valence-corrected chi connectivity index (χ4v) is 2.42. The normalized spacial score (nSPS) is 10.5. The van der Waals surface area contributed by atoms with E-state index < -0.39 is 0 Å². The standard InChI is InChI=1S/C12H16N4S/c1-3-16(7-10-5-4-6-17-10)12-9(2)11(13)14-8-15-12/h4-6,8H,3,7H2,1-2H3,(H2,13,14,15). The van der Waals surface area contributed by atoms with E-state index in [1.54, 1.807) is 11.3 Å². The Hall–Kier alpha value is -1.62. The first-order valence-electron chi connectivity index (χ1n) is 5.56. The molecule has 2 heterocycles. The topological polar surface area (TPSA) is 55.0 Å². The fraction of sp³-hybridized carbons (Fsp3) is 0.333. The lowest BCUT2D eigenvalue weighted by Gasteiger charge is -2.23. The Kier molecular flexibility index (Phi) is 3.58. The lowest BCUT2D eigenvalue weighted by molar-refractivity contribution is 0.814. The fourth-order valence-electron chi connectivity index (χ4n) is 1.70. The van der Waals surface area contributed by atoms with Gasteiger partial charge in [0.1, 0.15) is 18.0 Å². The van der Waals surface area contributed by atoms with Crippen LogP contribution in [0.4, 0.5) is 11.6 Å². The zero-order chi connectivity index (χ0) is 12.3. The van der Waals surface area contributed by atoms with Crippen LogP contribution in [0, 0.1) is 6.92 Å². The highest BCUT2D eigenvalue weighted by atomic mass is 32.1. The average Bonchev–Trinajstić information content (AvgIpc) is 2.83. The summed E-state index contributed by atoms with van der Waals surface area (Å²) in [5, 5.41) is 2.09. The van der Waals surface area contributed by atoms with Crippen molar-refractivity contribution in [1.29, 1.82) is 0 Å². The number of rotatable bonds is 4. The second kappa shape index (κ2) is 5.14. The average molecular weight is 248 g/mol. The smallest absolute Gasteiger partial charge is 0.137 e. The van der Waals surface area contributed by atoms with Gasteiger partial charge in [0, 0.05) is 17.0 Å². The lowest BCUT2D eigenvalue weighted by Crippen LogP contribution is -2.24. The molecule has 90 valence electrons. The third kappa shape index (κ3) is 2.55. The van der Waals surface area contributed by atoms with E-state index in [2.05, 4.69) is 39.3 Å². The van der Waals surface area contributed by atoms with Crippen LogP contribution in [-0.4, -0.2) is 16.5 Å². The van der Waals surface area contributed by atoms with Gasteiger partial charge in [-0.3, -0.25) is 0 Å². The number of nitrogens with two attached hydrogens (primary N) is 1. The molecule has 0 spiro atoms. The third-order valence-electron chi connectivity index (χ3n) is 2.70. The molecule has 2 N–H and O–H groups in total. The van der Waals surface area contributed by atoms with Crippen LogP contribution in [0.2, 0.25) is 0 Å². The number of nitrogens with zero attached hydrogens (tertiary/aromatic N) is 3. The van der Waals surface area contributed by atoms with E-state index in [-0.39, 0.29) is 0 Å². The zero-order valence-corrected chi connectivity index (χ0v) is 10.9. The molecule has 2 aromatic rings. The van der Waals surface area contributed by atoms with Gasteiger partial charge >= 0.3 is 0 Å². The summed E-state index contributed by atoms with van der Waals surface area (Å²) in [4.78, 5) is 11.9. The summed E-state index contributed by atoms with van der Waals surface area (Å²) in [6.45, 7) is 5.84. The number of thiophene rings is 1. The molecule has 5 heteroatoms. The van der Waals surface area contributed by atoms with Crippen LogP contribution in [0.15, 0.2) is 23.8 Å². The Bertz CT molecular complexity index is 481. The van der Waals surface area contributed by atoms with Crippen molar-refractivity contribution in [2.45, 2.75) is 20.4 Å². The van der Waals surface area contributed by atoms with E-state index in [0.29, 0.717) is 5.82 Å². The summed E-state index contributed by atoms with van der Waals surface area (Å²) in [5.41, 5.74) is 6.76. The molecule has 0 unspecified atom stereocenters. The Morgan fingerprint density at radius 1 is 1.41 bits per heavy atom. The van der Waals surface area contributed by atoms with Gasteiger partial charge < -0.3 is 10.6 Å². The van der Waals surface area contributed by atoms with Crippen LogP contribution >= 0.6 is 11.3 Å². The molecule has 0 bridgehead atoms. The van der Waals surface area contributed by atoms with Gasteiger partial charge in [0.2, 0.25) is 0 Å². The molecule has 0 saturated heterocycles. The number of anilines is 2. The van der Waals surface area contributed by atoms with Gasteiger partial charge in [-0.2, -0.15) is 0 Å². The Labute approximate surface area is 105 Å². The summed E-state index contributed by atoms with van der Waals surface area (Å²) in [7, 11) is 0. The van der Waals surface area contributed by atoms with Gasteiger partial charge in [-0.1, -0.05) is 6.07 Å². The summed E-state index contributed by atoms with van der Waals surface area (Å²) in [6.07, 6.45) is 1.52. The molecular weight excluding hydrogens is 232 g/mol. The predicted octanol–water partition coefficient (Wildman–Crippen LogP) is 2.46. The molecule has 0 fully saturated rings. The number of aromatic nitrogens is 2. The van der Waals surface area contributed by atoms with Gasteiger partial charge in [-0.05, 0) is 25.3 Å². The van der Waals surface area contributed by atoms with E-state index in [1.807, 2.05) is 6.92 Å². The zero-order valence-electron chi connectivity index (χ0n) is 10.1. The molecular formula is C12H16N4S. The van der Waals surface area contributed by atoms with E-state index in [4.69, 9.17) is 5.73 Å². The molecule has 0 aliphatic rings. The largest absolute Gasteiger partial charge is 0.383 e.